The molecule has 108 valence electrons. The Bertz CT molecular complexity index is 372. The van der Waals surface area contributed by atoms with Crippen molar-refractivity contribution in [3.05, 3.63) is 0 Å². The summed E-state index contributed by atoms with van der Waals surface area (Å²) in [5.74, 6) is -1.75. The molecule has 1 saturated heterocycles. The van der Waals surface area contributed by atoms with Gasteiger partial charge in [-0.1, -0.05) is 0 Å². The van der Waals surface area contributed by atoms with E-state index in [-0.39, 0.29) is 26.1 Å². The number of likely N-dealkylation sites (tertiary alicyclic amines) is 1. The molecule has 8 heteroatoms. The van der Waals surface area contributed by atoms with Crippen LogP contribution in [0.4, 0.5) is 4.79 Å². The Morgan fingerprint density at radius 2 is 2.05 bits per heavy atom. The van der Waals surface area contributed by atoms with Gasteiger partial charge in [0.2, 0.25) is 0 Å². The van der Waals surface area contributed by atoms with Gasteiger partial charge in [-0.15, -0.1) is 0 Å². The SMILES string of the molecule is CCN(CC(=O)OC)C(=O)N1CC(O)C[C@H]1C(=O)O. The molecule has 0 saturated carbocycles. The summed E-state index contributed by atoms with van der Waals surface area (Å²) in [6, 6.07) is -1.65. The highest BCUT2D eigenvalue weighted by molar-refractivity contribution is 5.85. The van der Waals surface area contributed by atoms with Crippen LogP contribution in [0, 0.1) is 0 Å². The van der Waals surface area contributed by atoms with Gasteiger partial charge in [0.15, 0.2) is 0 Å². The van der Waals surface area contributed by atoms with E-state index in [9.17, 15) is 19.5 Å². The van der Waals surface area contributed by atoms with Crippen LogP contribution in [0.1, 0.15) is 13.3 Å². The van der Waals surface area contributed by atoms with Crippen LogP contribution in [0.5, 0.6) is 0 Å². The van der Waals surface area contributed by atoms with Crippen LogP contribution >= 0.6 is 0 Å². The van der Waals surface area contributed by atoms with Gasteiger partial charge in [0, 0.05) is 19.5 Å². The van der Waals surface area contributed by atoms with Crippen molar-refractivity contribution in [3.8, 4) is 0 Å². The number of methoxy groups -OCH3 is 1. The summed E-state index contributed by atoms with van der Waals surface area (Å²) in [5.41, 5.74) is 0. The highest BCUT2D eigenvalue weighted by Crippen LogP contribution is 2.20. The number of carboxylic acids is 1. The van der Waals surface area contributed by atoms with Gasteiger partial charge >= 0.3 is 18.0 Å². The van der Waals surface area contributed by atoms with Crippen molar-refractivity contribution in [2.75, 3.05) is 26.7 Å². The topological polar surface area (TPSA) is 107 Å². The number of carbonyl (C=O) groups is 3. The average molecular weight is 274 g/mol. The maximum Gasteiger partial charge on any atom is 0.326 e. The third-order valence-electron chi connectivity index (χ3n) is 3.01. The van der Waals surface area contributed by atoms with Crippen molar-refractivity contribution in [3.63, 3.8) is 0 Å². The smallest absolute Gasteiger partial charge is 0.326 e. The van der Waals surface area contributed by atoms with Gasteiger partial charge < -0.3 is 24.7 Å². The Labute approximate surface area is 110 Å². The van der Waals surface area contributed by atoms with Crippen molar-refractivity contribution < 1.29 is 29.3 Å². The Hall–Kier alpha value is -1.83. The predicted molar refractivity (Wildman–Crippen MR) is 63.4 cm³/mol. The molecule has 1 aliphatic heterocycles. The van der Waals surface area contributed by atoms with Crippen LogP contribution in [0.15, 0.2) is 0 Å². The number of carbonyl (C=O) groups excluding carboxylic acids is 2. The quantitative estimate of drug-likeness (QED) is 0.645. The summed E-state index contributed by atoms with van der Waals surface area (Å²) in [5, 5.41) is 18.5. The van der Waals surface area contributed by atoms with Gasteiger partial charge in [-0.25, -0.2) is 9.59 Å². The fourth-order valence-electron chi connectivity index (χ4n) is 1.98. The molecule has 1 fully saturated rings. The molecule has 1 aliphatic rings. The van der Waals surface area contributed by atoms with Crippen molar-refractivity contribution in [2.45, 2.75) is 25.5 Å². The highest BCUT2D eigenvalue weighted by Gasteiger charge is 2.40. The third kappa shape index (κ3) is 3.57. The number of ether oxygens (including phenoxy) is 1. The van der Waals surface area contributed by atoms with E-state index >= 15 is 0 Å². The molecule has 0 radical (unpaired) electrons. The second-order valence-electron chi connectivity index (χ2n) is 4.27. The van der Waals surface area contributed by atoms with E-state index in [4.69, 9.17) is 5.11 Å². The Morgan fingerprint density at radius 1 is 1.42 bits per heavy atom. The number of aliphatic hydroxyl groups excluding tert-OH is 1. The zero-order valence-corrected chi connectivity index (χ0v) is 10.9. The minimum atomic E-state index is -1.17. The lowest BCUT2D eigenvalue weighted by molar-refractivity contribution is -0.141. The van der Waals surface area contributed by atoms with E-state index in [1.807, 2.05) is 0 Å². The van der Waals surface area contributed by atoms with Crippen molar-refractivity contribution in [1.82, 2.24) is 9.80 Å². The van der Waals surface area contributed by atoms with E-state index < -0.39 is 30.1 Å². The van der Waals surface area contributed by atoms with Crippen molar-refractivity contribution >= 4 is 18.0 Å². The predicted octanol–water partition coefficient (Wildman–Crippen LogP) is -0.879. The van der Waals surface area contributed by atoms with E-state index in [1.54, 1.807) is 6.92 Å². The van der Waals surface area contributed by atoms with Gasteiger partial charge in [-0.2, -0.15) is 0 Å². The molecule has 0 spiro atoms. The Kier molecular flexibility index (Phi) is 5.11. The second-order valence-corrected chi connectivity index (χ2v) is 4.27. The minimum Gasteiger partial charge on any atom is -0.480 e. The molecule has 0 aliphatic carbocycles. The van der Waals surface area contributed by atoms with Crippen LogP contribution in [0.2, 0.25) is 0 Å². The van der Waals surface area contributed by atoms with Crippen LogP contribution in [0.25, 0.3) is 0 Å². The molecule has 2 atom stereocenters. The van der Waals surface area contributed by atoms with Gasteiger partial charge in [0.25, 0.3) is 0 Å². The highest BCUT2D eigenvalue weighted by atomic mass is 16.5. The summed E-state index contributed by atoms with van der Waals surface area (Å²) in [6.45, 7) is 1.62. The van der Waals surface area contributed by atoms with Crippen LogP contribution in [-0.4, -0.2) is 76.9 Å². The molecule has 0 aromatic heterocycles. The van der Waals surface area contributed by atoms with Gasteiger partial charge in [-0.3, -0.25) is 4.79 Å². The number of amides is 2. The van der Waals surface area contributed by atoms with E-state index in [2.05, 4.69) is 4.74 Å². The van der Waals surface area contributed by atoms with Crippen LogP contribution < -0.4 is 0 Å². The maximum atomic E-state index is 12.2. The average Bonchev–Trinajstić information content (AvgIpc) is 2.77. The van der Waals surface area contributed by atoms with Gasteiger partial charge in [0.1, 0.15) is 12.6 Å². The standard InChI is InChI=1S/C11H18N2O6/c1-3-12(6-9(15)19-2)11(18)13-5-7(14)4-8(13)10(16)17/h7-8,14H,3-6H2,1-2H3,(H,16,17)/t7?,8-/m0/s1. The minimum absolute atomic E-state index is 0.00312. The molecule has 1 heterocycles. The van der Waals surface area contributed by atoms with Crippen molar-refractivity contribution in [1.29, 1.82) is 0 Å². The summed E-state index contributed by atoms with van der Waals surface area (Å²) in [7, 11) is 1.21. The lowest BCUT2D eigenvalue weighted by Gasteiger charge is -2.28. The van der Waals surface area contributed by atoms with E-state index in [0.717, 1.165) is 4.90 Å². The lowest BCUT2D eigenvalue weighted by atomic mass is 10.2. The molecule has 1 rings (SSSR count). The molecule has 1 unspecified atom stereocenters. The molecule has 2 N–H and O–H groups in total. The Morgan fingerprint density at radius 3 is 2.53 bits per heavy atom. The van der Waals surface area contributed by atoms with Gasteiger partial charge in [0.05, 0.1) is 13.2 Å². The lowest BCUT2D eigenvalue weighted by Crippen LogP contribution is -2.49. The fourth-order valence-corrected chi connectivity index (χ4v) is 1.98. The van der Waals surface area contributed by atoms with E-state index in [1.165, 1.54) is 12.0 Å². The molecule has 8 nitrogen and oxygen atoms in total. The number of nitrogens with zero attached hydrogens (tertiary/aromatic N) is 2. The molecular formula is C11H18N2O6. The number of esters is 1. The summed E-state index contributed by atoms with van der Waals surface area (Å²) in [6.07, 6.45) is -0.862. The number of β-amino-alcohol motifs (C(OH)–C–C–N with tert-alkyl or cyclic N) is 1. The summed E-state index contributed by atoms with van der Waals surface area (Å²) < 4.78 is 4.47. The number of aliphatic hydroxyl groups is 1. The number of rotatable bonds is 4. The zero-order valence-electron chi connectivity index (χ0n) is 10.9. The molecule has 2 amide bonds. The molecule has 19 heavy (non-hydrogen) atoms. The zero-order chi connectivity index (χ0) is 14.6. The number of likely N-dealkylation sites (N-methyl/N-ethyl adjacent to an activating group) is 1. The molecule has 0 aromatic carbocycles. The first-order valence-electron chi connectivity index (χ1n) is 5.93. The number of hydrogen-bond acceptors (Lipinski definition) is 5. The first-order valence-corrected chi connectivity index (χ1v) is 5.93. The number of carboxylic acid groups (broad SMARTS) is 1. The van der Waals surface area contributed by atoms with Crippen molar-refractivity contribution in [2.24, 2.45) is 0 Å². The summed E-state index contributed by atoms with van der Waals surface area (Å²) >= 11 is 0. The normalized spacial score (nSPS) is 22.2. The third-order valence-corrected chi connectivity index (χ3v) is 3.01. The number of urea groups is 1. The number of hydrogen-bond donors (Lipinski definition) is 2. The summed E-state index contributed by atoms with van der Waals surface area (Å²) in [4.78, 5) is 36.6. The largest absolute Gasteiger partial charge is 0.480 e. The fraction of sp³-hybridized carbons (Fsp3) is 0.727. The van der Waals surface area contributed by atoms with Crippen LogP contribution in [-0.2, 0) is 14.3 Å². The molecule has 0 bridgehead atoms. The van der Waals surface area contributed by atoms with E-state index in [0.29, 0.717) is 0 Å². The van der Waals surface area contributed by atoms with Crippen LogP contribution in [0.3, 0.4) is 0 Å². The first-order chi connectivity index (χ1) is 8.90. The molecule has 0 aromatic rings. The monoisotopic (exact) mass is 274 g/mol. The van der Waals surface area contributed by atoms with Gasteiger partial charge in [-0.05, 0) is 6.92 Å². The Balaban J connectivity index is 2.78. The first kappa shape index (κ1) is 15.2. The molecular weight excluding hydrogens is 256 g/mol. The maximum absolute atomic E-state index is 12.2. The number of aliphatic carboxylic acids is 1. The second kappa shape index (κ2) is 6.37.